The fraction of sp³-hybridized carbons (Fsp3) is 0.0370. The molecule has 0 aliphatic heterocycles. The number of hydrogen-bond acceptors (Lipinski definition) is 5. The van der Waals surface area contributed by atoms with E-state index in [1.165, 1.54) is 24.3 Å². The minimum atomic E-state index is -0.561. The zero-order chi connectivity index (χ0) is 24.8. The summed E-state index contributed by atoms with van der Waals surface area (Å²) < 4.78 is 5.79. The van der Waals surface area contributed by atoms with Crippen LogP contribution in [0.3, 0.4) is 0 Å². The molecule has 35 heavy (non-hydrogen) atoms. The number of nitro groups is 1. The van der Waals surface area contributed by atoms with Crippen molar-refractivity contribution in [2.24, 2.45) is 0 Å². The van der Waals surface area contributed by atoms with E-state index < -0.39 is 10.8 Å². The number of carbonyl (C=O) groups excluding carboxylic acids is 2. The van der Waals surface area contributed by atoms with Crippen LogP contribution in [0.2, 0.25) is 0 Å². The Morgan fingerprint density at radius 3 is 1.80 bits per heavy atom. The Labute approximate surface area is 201 Å². The summed E-state index contributed by atoms with van der Waals surface area (Å²) in [6, 6.07) is 26.5. The second kappa shape index (κ2) is 10.3. The van der Waals surface area contributed by atoms with Gasteiger partial charge in [0.1, 0.15) is 11.5 Å². The molecular weight excluding hydrogens is 446 g/mol. The lowest BCUT2D eigenvalue weighted by Crippen LogP contribution is -2.14. The van der Waals surface area contributed by atoms with E-state index in [2.05, 4.69) is 10.6 Å². The van der Waals surface area contributed by atoms with Crippen LogP contribution in [0.15, 0.2) is 97.1 Å². The first-order valence-electron chi connectivity index (χ1n) is 10.7. The molecule has 8 heteroatoms. The van der Waals surface area contributed by atoms with Crippen LogP contribution in [0.4, 0.5) is 17.1 Å². The Kier molecular flexibility index (Phi) is 6.83. The molecule has 0 saturated carbocycles. The summed E-state index contributed by atoms with van der Waals surface area (Å²) in [5.74, 6) is 0.577. The fourth-order valence-electron chi connectivity index (χ4n) is 3.22. The maximum absolute atomic E-state index is 12.6. The summed E-state index contributed by atoms with van der Waals surface area (Å²) in [4.78, 5) is 35.3. The lowest BCUT2D eigenvalue weighted by atomic mass is 10.1. The highest BCUT2D eigenvalue weighted by Crippen LogP contribution is 2.24. The summed E-state index contributed by atoms with van der Waals surface area (Å²) in [7, 11) is 0. The molecule has 174 valence electrons. The molecule has 4 aromatic carbocycles. The van der Waals surface area contributed by atoms with Gasteiger partial charge >= 0.3 is 0 Å². The van der Waals surface area contributed by atoms with Crippen molar-refractivity contribution in [1.82, 2.24) is 0 Å². The summed E-state index contributed by atoms with van der Waals surface area (Å²) >= 11 is 0. The maximum Gasteiger partial charge on any atom is 0.270 e. The van der Waals surface area contributed by atoms with Crippen LogP contribution in [0.25, 0.3) is 0 Å². The molecule has 0 radical (unpaired) electrons. The minimum absolute atomic E-state index is 0.163. The first-order valence-corrected chi connectivity index (χ1v) is 10.7. The van der Waals surface area contributed by atoms with Gasteiger partial charge < -0.3 is 15.4 Å². The van der Waals surface area contributed by atoms with E-state index in [1.54, 1.807) is 48.5 Å². The van der Waals surface area contributed by atoms with Gasteiger partial charge in [0.25, 0.3) is 17.5 Å². The number of nitrogens with zero attached hydrogens (tertiary/aromatic N) is 1. The number of hydrogen-bond donors (Lipinski definition) is 2. The predicted molar refractivity (Wildman–Crippen MR) is 133 cm³/mol. The minimum Gasteiger partial charge on any atom is -0.457 e. The molecule has 0 bridgehead atoms. The van der Waals surface area contributed by atoms with Gasteiger partial charge in [0.05, 0.1) is 4.92 Å². The molecular formula is C27H21N3O5. The fourth-order valence-corrected chi connectivity index (χ4v) is 3.22. The summed E-state index contributed by atoms with van der Waals surface area (Å²) in [6.45, 7) is 2.01. The second-order valence-corrected chi connectivity index (χ2v) is 7.73. The lowest BCUT2D eigenvalue weighted by molar-refractivity contribution is -0.384. The van der Waals surface area contributed by atoms with Gasteiger partial charge in [-0.3, -0.25) is 19.7 Å². The van der Waals surface area contributed by atoms with Crippen LogP contribution in [0, 0.1) is 17.0 Å². The number of nitrogens with one attached hydrogen (secondary N) is 2. The number of amides is 2. The molecule has 0 saturated heterocycles. The average Bonchev–Trinajstić information content (AvgIpc) is 2.87. The first-order chi connectivity index (χ1) is 16.9. The van der Waals surface area contributed by atoms with Crippen molar-refractivity contribution in [3.63, 3.8) is 0 Å². The Morgan fingerprint density at radius 1 is 0.714 bits per heavy atom. The van der Waals surface area contributed by atoms with Crippen LogP contribution in [-0.4, -0.2) is 16.7 Å². The Hall–Kier alpha value is -4.98. The van der Waals surface area contributed by atoms with Gasteiger partial charge in [-0.1, -0.05) is 23.8 Å². The van der Waals surface area contributed by atoms with E-state index in [0.29, 0.717) is 22.7 Å². The van der Waals surface area contributed by atoms with E-state index in [-0.39, 0.29) is 17.2 Å². The van der Waals surface area contributed by atoms with Crippen LogP contribution >= 0.6 is 0 Å². The Balaban J connectivity index is 1.34. The Bertz CT molecular complexity index is 1370. The number of nitro benzene ring substituents is 1. The largest absolute Gasteiger partial charge is 0.457 e. The van der Waals surface area contributed by atoms with Crippen LogP contribution < -0.4 is 15.4 Å². The van der Waals surface area contributed by atoms with Gasteiger partial charge in [-0.15, -0.1) is 0 Å². The molecule has 0 heterocycles. The summed E-state index contributed by atoms with van der Waals surface area (Å²) in [5.41, 5.74) is 2.60. The highest BCUT2D eigenvalue weighted by atomic mass is 16.6. The molecule has 4 aromatic rings. The van der Waals surface area contributed by atoms with Gasteiger partial charge in [0, 0.05) is 34.6 Å². The zero-order valence-electron chi connectivity index (χ0n) is 18.7. The van der Waals surface area contributed by atoms with Crippen molar-refractivity contribution in [1.29, 1.82) is 0 Å². The van der Waals surface area contributed by atoms with Crippen molar-refractivity contribution in [3.05, 3.63) is 124 Å². The second-order valence-electron chi connectivity index (χ2n) is 7.73. The third-order valence-electron chi connectivity index (χ3n) is 5.09. The highest BCUT2D eigenvalue weighted by molar-refractivity contribution is 6.06. The molecule has 8 nitrogen and oxygen atoms in total. The van der Waals surface area contributed by atoms with E-state index in [9.17, 15) is 19.7 Å². The van der Waals surface area contributed by atoms with Gasteiger partial charge in [0.2, 0.25) is 0 Å². The molecule has 0 fully saturated rings. The topological polar surface area (TPSA) is 111 Å². The lowest BCUT2D eigenvalue weighted by Gasteiger charge is -2.09. The molecule has 2 N–H and O–H groups in total. The molecule has 0 spiro atoms. The molecule has 0 aliphatic rings. The zero-order valence-corrected chi connectivity index (χ0v) is 18.7. The third kappa shape index (κ3) is 6.08. The third-order valence-corrected chi connectivity index (χ3v) is 5.09. The molecule has 0 unspecified atom stereocenters. The van der Waals surface area contributed by atoms with Crippen molar-refractivity contribution in [2.45, 2.75) is 6.92 Å². The van der Waals surface area contributed by atoms with E-state index in [1.807, 2.05) is 31.2 Å². The summed E-state index contributed by atoms with van der Waals surface area (Å²) in [5, 5.41) is 16.4. The number of ether oxygens (including phenoxy) is 1. The SMILES string of the molecule is Cc1ccc(Oc2ccc(NC(=O)c3ccc(NC(=O)c4cccc([N+](=O)[O-])c4)cc3)cc2)cc1. The van der Waals surface area contributed by atoms with Crippen LogP contribution in [0.5, 0.6) is 11.5 Å². The normalized spacial score (nSPS) is 10.3. The van der Waals surface area contributed by atoms with Gasteiger partial charge in [-0.05, 0) is 73.7 Å². The van der Waals surface area contributed by atoms with Crippen molar-refractivity contribution < 1.29 is 19.2 Å². The average molecular weight is 467 g/mol. The van der Waals surface area contributed by atoms with E-state index in [0.717, 1.165) is 11.3 Å². The number of anilines is 2. The number of rotatable bonds is 7. The van der Waals surface area contributed by atoms with Gasteiger partial charge in [-0.25, -0.2) is 0 Å². The number of aryl methyl sites for hydroxylation is 1. The highest BCUT2D eigenvalue weighted by Gasteiger charge is 2.12. The number of non-ortho nitro benzene ring substituents is 1. The van der Waals surface area contributed by atoms with E-state index >= 15 is 0 Å². The standard InChI is InChI=1S/C27H21N3O5/c1-18-5-13-24(14-6-18)35-25-15-11-22(12-16-25)28-26(31)19-7-9-21(10-8-19)29-27(32)20-3-2-4-23(17-20)30(33)34/h2-17H,1H3,(H,28,31)(H,29,32). The van der Waals surface area contributed by atoms with Gasteiger partial charge in [0.15, 0.2) is 0 Å². The molecule has 0 atom stereocenters. The molecule has 4 rings (SSSR count). The van der Waals surface area contributed by atoms with Crippen LogP contribution in [-0.2, 0) is 0 Å². The molecule has 0 aromatic heterocycles. The van der Waals surface area contributed by atoms with Crippen molar-refractivity contribution in [2.75, 3.05) is 10.6 Å². The Morgan fingerprint density at radius 2 is 1.23 bits per heavy atom. The maximum atomic E-state index is 12.6. The monoisotopic (exact) mass is 467 g/mol. The van der Waals surface area contributed by atoms with Crippen molar-refractivity contribution >= 4 is 28.9 Å². The quantitative estimate of drug-likeness (QED) is 0.248. The van der Waals surface area contributed by atoms with Gasteiger partial charge in [-0.2, -0.15) is 0 Å². The number of carbonyl (C=O) groups is 2. The molecule has 0 aliphatic carbocycles. The first kappa shape index (κ1) is 23.2. The van der Waals surface area contributed by atoms with Crippen LogP contribution in [0.1, 0.15) is 26.3 Å². The van der Waals surface area contributed by atoms with E-state index in [4.69, 9.17) is 4.74 Å². The molecule has 2 amide bonds. The number of benzene rings is 4. The predicted octanol–water partition coefficient (Wildman–Crippen LogP) is 6.20. The van der Waals surface area contributed by atoms with Crippen molar-refractivity contribution in [3.8, 4) is 11.5 Å². The smallest absolute Gasteiger partial charge is 0.270 e. The summed E-state index contributed by atoms with van der Waals surface area (Å²) in [6.07, 6.45) is 0.